The van der Waals surface area contributed by atoms with Crippen LogP contribution >= 0.6 is 0 Å². The molecule has 0 bridgehead atoms. The van der Waals surface area contributed by atoms with Gasteiger partial charge in [-0.05, 0) is 19.3 Å². The molecule has 2 aliphatic rings. The zero-order chi connectivity index (χ0) is 13.8. The SMILES string of the molecule is CN(C)C(=O)C1CNCCN1C(=O)C1CC=CCC1. The first kappa shape index (κ1) is 14.1. The number of carbonyl (C=O) groups excluding carboxylic acids is 2. The van der Waals surface area contributed by atoms with Crippen LogP contribution in [0.3, 0.4) is 0 Å². The minimum atomic E-state index is -0.345. The second-order valence-corrected chi connectivity index (χ2v) is 5.47. The van der Waals surface area contributed by atoms with Crippen LogP contribution in [-0.4, -0.2) is 61.4 Å². The first-order chi connectivity index (χ1) is 9.11. The van der Waals surface area contributed by atoms with Crippen molar-refractivity contribution in [3.63, 3.8) is 0 Å². The second-order valence-electron chi connectivity index (χ2n) is 5.47. The van der Waals surface area contributed by atoms with Crippen LogP contribution in [0.15, 0.2) is 12.2 Å². The van der Waals surface area contributed by atoms with Crippen LogP contribution in [0, 0.1) is 5.92 Å². The summed E-state index contributed by atoms with van der Waals surface area (Å²) in [6.07, 6.45) is 6.89. The molecule has 5 nitrogen and oxygen atoms in total. The number of hydrogen-bond acceptors (Lipinski definition) is 3. The van der Waals surface area contributed by atoms with Crippen molar-refractivity contribution in [2.24, 2.45) is 5.92 Å². The number of amides is 2. The number of hydrogen-bond donors (Lipinski definition) is 1. The van der Waals surface area contributed by atoms with Gasteiger partial charge < -0.3 is 15.1 Å². The van der Waals surface area contributed by atoms with Crippen molar-refractivity contribution in [2.45, 2.75) is 25.3 Å². The number of nitrogens with one attached hydrogen (secondary N) is 1. The summed E-state index contributed by atoms with van der Waals surface area (Å²) in [6.45, 7) is 1.96. The van der Waals surface area contributed by atoms with Gasteiger partial charge in [-0.1, -0.05) is 12.2 Å². The molecule has 0 radical (unpaired) electrons. The molecule has 0 aromatic rings. The number of piperazine rings is 1. The van der Waals surface area contributed by atoms with E-state index in [1.807, 2.05) is 0 Å². The Morgan fingerprint density at radius 3 is 2.74 bits per heavy atom. The highest BCUT2D eigenvalue weighted by molar-refractivity contribution is 5.89. The molecule has 0 aromatic carbocycles. The van der Waals surface area contributed by atoms with Gasteiger partial charge in [0.25, 0.3) is 0 Å². The molecule has 19 heavy (non-hydrogen) atoms. The maximum absolute atomic E-state index is 12.6. The quantitative estimate of drug-likeness (QED) is 0.727. The third kappa shape index (κ3) is 3.15. The van der Waals surface area contributed by atoms with Crippen molar-refractivity contribution in [2.75, 3.05) is 33.7 Å². The van der Waals surface area contributed by atoms with E-state index in [1.54, 1.807) is 23.9 Å². The first-order valence-corrected chi connectivity index (χ1v) is 6.98. The Morgan fingerprint density at radius 2 is 2.11 bits per heavy atom. The molecule has 0 aromatic heterocycles. The lowest BCUT2D eigenvalue weighted by Crippen LogP contribution is -2.60. The molecule has 0 saturated carbocycles. The van der Waals surface area contributed by atoms with Gasteiger partial charge in [0.15, 0.2) is 0 Å². The number of likely N-dealkylation sites (N-methyl/N-ethyl adjacent to an activating group) is 1. The normalized spacial score (nSPS) is 27.2. The largest absolute Gasteiger partial charge is 0.347 e. The summed E-state index contributed by atoms with van der Waals surface area (Å²) >= 11 is 0. The van der Waals surface area contributed by atoms with Crippen LogP contribution < -0.4 is 5.32 Å². The van der Waals surface area contributed by atoms with E-state index >= 15 is 0 Å². The minimum Gasteiger partial charge on any atom is -0.347 e. The Morgan fingerprint density at radius 1 is 1.32 bits per heavy atom. The molecule has 2 rings (SSSR count). The predicted octanol–water partition coefficient (Wildman–Crippen LogP) is 0.231. The maximum Gasteiger partial charge on any atom is 0.246 e. The highest BCUT2D eigenvalue weighted by atomic mass is 16.2. The van der Waals surface area contributed by atoms with Crippen molar-refractivity contribution in [1.82, 2.24) is 15.1 Å². The molecular weight excluding hydrogens is 242 g/mol. The summed E-state index contributed by atoms with van der Waals surface area (Å²) < 4.78 is 0. The van der Waals surface area contributed by atoms with Crippen LogP contribution in [0.5, 0.6) is 0 Å². The van der Waals surface area contributed by atoms with Crippen molar-refractivity contribution in [3.8, 4) is 0 Å². The number of rotatable bonds is 2. The molecule has 1 saturated heterocycles. The zero-order valence-corrected chi connectivity index (χ0v) is 11.8. The Balaban J connectivity index is 2.08. The van der Waals surface area contributed by atoms with E-state index in [4.69, 9.17) is 0 Å². The minimum absolute atomic E-state index is 0.00639. The van der Waals surface area contributed by atoms with Crippen LogP contribution in [0.1, 0.15) is 19.3 Å². The smallest absolute Gasteiger partial charge is 0.246 e. The summed E-state index contributed by atoms with van der Waals surface area (Å²) in [6, 6.07) is -0.345. The van der Waals surface area contributed by atoms with Crippen LogP contribution in [-0.2, 0) is 9.59 Å². The Hall–Kier alpha value is -1.36. The fourth-order valence-electron chi connectivity index (χ4n) is 2.74. The highest BCUT2D eigenvalue weighted by Crippen LogP contribution is 2.22. The van der Waals surface area contributed by atoms with Gasteiger partial charge in [0.1, 0.15) is 6.04 Å². The monoisotopic (exact) mass is 265 g/mol. The Bertz CT molecular complexity index is 379. The average Bonchev–Trinajstić information content (AvgIpc) is 2.46. The van der Waals surface area contributed by atoms with E-state index in [9.17, 15) is 9.59 Å². The average molecular weight is 265 g/mol. The van der Waals surface area contributed by atoms with Crippen LogP contribution in [0.2, 0.25) is 0 Å². The lowest BCUT2D eigenvalue weighted by molar-refractivity contribution is -0.148. The first-order valence-electron chi connectivity index (χ1n) is 6.98. The van der Waals surface area contributed by atoms with Gasteiger partial charge in [0.05, 0.1) is 0 Å². The Kier molecular flexibility index (Phi) is 4.58. The number of allylic oxidation sites excluding steroid dienone is 2. The Labute approximate surface area is 114 Å². The fourth-order valence-corrected chi connectivity index (χ4v) is 2.74. The molecule has 0 spiro atoms. The molecule has 2 unspecified atom stereocenters. The van der Waals surface area contributed by atoms with E-state index < -0.39 is 0 Å². The fraction of sp³-hybridized carbons (Fsp3) is 0.714. The third-order valence-electron chi connectivity index (χ3n) is 3.87. The molecule has 1 heterocycles. The van der Waals surface area contributed by atoms with E-state index in [-0.39, 0.29) is 23.8 Å². The predicted molar refractivity (Wildman–Crippen MR) is 73.5 cm³/mol. The molecule has 2 amide bonds. The van der Waals surface area contributed by atoms with E-state index in [0.29, 0.717) is 13.1 Å². The van der Waals surface area contributed by atoms with Crippen LogP contribution in [0.25, 0.3) is 0 Å². The standard InChI is InChI=1S/C14H23N3O2/c1-16(2)14(19)12-10-15-8-9-17(12)13(18)11-6-4-3-5-7-11/h3-4,11-12,15H,5-10H2,1-2H3. The second kappa shape index (κ2) is 6.19. The van der Waals surface area contributed by atoms with E-state index in [1.165, 1.54) is 0 Å². The van der Waals surface area contributed by atoms with Gasteiger partial charge in [-0.15, -0.1) is 0 Å². The molecule has 106 valence electrons. The summed E-state index contributed by atoms with van der Waals surface area (Å²) in [4.78, 5) is 28.1. The molecule has 1 fully saturated rings. The number of carbonyl (C=O) groups is 2. The zero-order valence-electron chi connectivity index (χ0n) is 11.8. The third-order valence-corrected chi connectivity index (χ3v) is 3.87. The lowest BCUT2D eigenvalue weighted by atomic mass is 9.92. The molecule has 1 N–H and O–H groups in total. The van der Waals surface area contributed by atoms with Gasteiger partial charge >= 0.3 is 0 Å². The van der Waals surface area contributed by atoms with Gasteiger partial charge in [-0.2, -0.15) is 0 Å². The summed E-state index contributed by atoms with van der Waals surface area (Å²) in [7, 11) is 3.48. The highest BCUT2D eigenvalue weighted by Gasteiger charge is 2.35. The van der Waals surface area contributed by atoms with Crippen molar-refractivity contribution < 1.29 is 9.59 Å². The summed E-state index contributed by atoms with van der Waals surface area (Å²) in [5.74, 6) is 0.207. The van der Waals surface area contributed by atoms with Crippen molar-refractivity contribution in [1.29, 1.82) is 0 Å². The van der Waals surface area contributed by atoms with E-state index in [0.717, 1.165) is 25.8 Å². The maximum atomic E-state index is 12.6. The van der Waals surface area contributed by atoms with Crippen molar-refractivity contribution >= 4 is 11.8 Å². The van der Waals surface area contributed by atoms with Gasteiger partial charge in [-0.25, -0.2) is 0 Å². The van der Waals surface area contributed by atoms with E-state index in [2.05, 4.69) is 17.5 Å². The molecule has 1 aliphatic heterocycles. The molecule has 5 heteroatoms. The molecule has 1 aliphatic carbocycles. The lowest BCUT2D eigenvalue weighted by Gasteiger charge is -2.38. The topological polar surface area (TPSA) is 52.7 Å². The van der Waals surface area contributed by atoms with Gasteiger partial charge in [0.2, 0.25) is 11.8 Å². The molecule has 2 atom stereocenters. The van der Waals surface area contributed by atoms with Crippen molar-refractivity contribution in [3.05, 3.63) is 12.2 Å². The van der Waals surface area contributed by atoms with Crippen LogP contribution in [0.4, 0.5) is 0 Å². The van der Waals surface area contributed by atoms with Gasteiger partial charge in [-0.3, -0.25) is 9.59 Å². The molecular formula is C14H23N3O2. The number of nitrogens with zero attached hydrogens (tertiary/aromatic N) is 2. The summed E-state index contributed by atoms with van der Waals surface area (Å²) in [5, 5.41) is 3.20. The van der Waals surface area contributed by atoms with Gasteiger partial charge in [0, 0.05) is 39.6 Å². The summed E-state index contributed by atoms with van der Waals surface area (Å²) in [5.41, 5.74) is 0.